The summed E-state index contributed by atoms with van der Waals surface area (Å²) in [5.41, 5.74) is -1.77. The number of hydrogen-bond donors (Lipinski definition) is 2. The fourth-order valence-electron chi connectivity index (χ4n) is 0.610. The molecule has 2 N–H and O–H groups in total. The van der Waals surface area contributed by atoms with Crippen LogP contribution in [0.5, 0.6) is 0 Å². The average Bonchev–Trinajstić information content (AvgIpc) is 2.47. The molecule has 0 radical (unpaired) electrons. The molecule has 0 amide bonds. The molecule has 1 rings (SSSR count). The summed E-state index contributed by atoms with van der Waals surface area (Å²) in [5, 5.41) is 29.1. The van der Waals surface area contributed by atoms with Gasteiger partial charge in [0.25, 0.3) is 0 Å². The van der Waals surface area contributed by atoms with Crippen LogP contribution in [-0.2, 0) is 11.8 Å². The number of tetrazole rings is 1. The van der Waals surface area contributed by atoms with Crippen LogP contribution in [0.2, 0.25) is 0 Å². The molecule has 0 bridgehead atoms. The van der Waals surface area contributed by atoms with Crippen LogP contribution in [0.4, 0.5) is 0 Å². The molecule has 0 saturated carbocycles. The van der Waals surface area contributed by atoms with Crippen molar-refractivity contribution in [3.63, 3.8) is 0 Å². The Labute approximate surface area is 84.1 Å². The predicted molar refractivity (Wildman–Crippen MR) is 47.8 cm³/mol. The monoisotopic (exact) mass is 218 g/mol. The van der Waals surface area contributed by atoms with Gasteiger partial charge in [-0.1, -0.05) is 11.8 Å². The lowest BCUT2D eigenvalue weighted by Crippen LogP contribution is -2.37. The molecule has 7 nitrogen and oxygen atoms in total. The summed E-state index contributed by atoms with van der Waals surface area (Å²) in [7, 11) is 1.64. The minimum Gasteiger partial charge on any atom is -0.479 e. The Kier molecular flexibility index (Phi) is 3.06. The van der Waals surface area contributed by atoms with Crippen molar-refractivity contribution in [3.05, 3.63) is 0 Å². The number of aromatic nitrogens is 4. The summed E-state index contributed by atoms with van der Waals surface area (Å²) in [4.78, 5) is 10.5. The van der Waals surface area contributed by atoms with Crippen molar-refractivity contribution in [2.45, 2.75) is 17.7 Å². The van der Waals surface area contributed by atoms with Gasteiger partial charge in [-0.2, -0.15) is 0 Å². The predicted octanol–water partition coefficient (Wildman–Crippen LogP) is -0.862. The highest BCUT2D eigenvalue weighted by Crippen LogP contribution is 2.19. The molecule has 0 spiro atoms. The lowest BCUT2D eigenvalue weighted by molar-refractivity contribution is -0.154. The fraction of sp³-hybridized carbons (Fsp3) is 0.667. The zero-order valence-corrected chi connectivity index (χ0v) is 8.52. The first-order chi connectivity index (χ1) is 6.43. The third kappa shape index (κ3) is 2.42. The van der Waals surface area contributed by atoms with Gasteiger partial charge in [-0.15, -0.1) is 5.10 Å². The second kappa shape index (κ2) is 3.93. The highest BCUT2D eigenvalue weighted by molar-refractivity contribution is 7.99. The Balaban J connectivity index is 2.57. The Morgan fingerprint density at radius 3 is 2.79 bits per heavy atom. The van der Waals surface area contributed by atoms with Gasteiger partial charge >= 0.3 is 5.97 Å². The van der Waals surface area contributed by atoms with Gasteiger partial charge in [0, 0.05) is 12.8 Å². The maximum atomic E-state index is 10.5. The minimum atomic E-state index is -1.77. The molecular formula is C6H10N4O3S. The molecule has 8 heteroatoms. The molecule has 1 unspecified atom stereocenters. The Bertz CT molecular complexity index is 338. The zero-order chi connectivity index (χ0) is 10.8. The van der Waals surface area contributed by atoms with Crippen LogP contribution in [0.3, 0.4) is 0 Å². The molecule has 0 aliphatic carbocycles. The second-order valence-electron chi connectivity index (χ2n) is 2.95. The molecule has 0 saturated heterocycles. The van der Waals surface area contributed by atoms with E-state index in [2.05, 4.69) is 15.5 Å². The average molecular weight is 218 g/mol. The quantitative estimate of drug-likeness (QED) is 0.634. The molecule has 0 aliphatic rings. The van der Waals surface area contributed by atoms with Crippen LogP contribution in [0.1, 0.15) is 6.92 Å². The number of hydrogen-bond acceptors (Lipinski definition) is 6. The van der Waals surface area contributed by atoms with Crippen molar-refractivity contribution >= 4 is 17.7 Å². The van der Waals surface area contributed by atoms with Crippen LogP contribution in [-0.4, -0.2) is 47.7 Å². The Morgan fingerprint density at radius 2 is 2.36 bits per heavy atom. The van der Waals surface area contributed by atoms with Gasteiger partial charge < -0.3 is 10.2 Å². The molecule has 1 atom stereocenters. The highest BCUT2D eigenvalue weighted by Gasteiger charge is 2.30. The number of thioether (sulfide) groups is 1. The molecule has 14 heavy (non-hydrogen) atoms. The second-order valence-corrected chi connectivity index (χ2v) is 3.90. The number of aryl methyl sites for hydroxylation is 1. The van der Waals surface area contributed by atoms with Gasteiger partial charge in [0.1, 0.15) is 0 Å². The third-order valence-electron chi connectivity index (χ3n) is 1.52. The van der Waals surface area contributed by atoms with Gasteiger partial charge in [-0.05, 0) is 17.4 Å². The Morgan fingerprint density at radius 1 is 1.71 bits per heavy atom. The van der Waals surface area contributed by atoms with E-state index < -0.39 is 11.6 Å². The number of carboxylic acid groups (broad SMARTS) is 1. The summed E-state index contributed by atoms with van der Waals surface area (Å²) in [6, 6.07) is 0. The molecule has 1 heterocycles. The third-order valence-corrected chi connectivity index (χ3v) is 2.83. The molecule has 0 aromatic carbocycles. The topological polar surface area (TPSA) is 101 Å². The van der Waals surface area contributed by atoms with Crippen LogP contribution < -0.4 is 0 Å². The summed E-state index contributed by atoms with van der Waals surface area (Å²) >= 11 is 1.08. The number of carboxylic acids is 1. The van der Waals surface area contributed by atoms with Gasteiger partial charge in [-0.3, -0.25) is 0 Å². The normalized spacial score (nSPS) is 15.1. The van der Waals surface area contributed by atoms with E-state index in [0.29, 0.717) is 5.16 Å². The molecule has 1 aromatic heterocycles. The van der Waals surface area contributed by atoms with Crippen molar-refractivity contribution in [2.24, 2.45) is 7.05 Å². The van der Waals surface area contributed by atoms with Crippen LogP contribution in [0.15, 0.2) is 5.16 Å². The number of nitrogens with zero attached hydrogens (tertiary/aromatic N) is 4. The van der Waals surface area contributed by atoms with E-state index in [9.17, 15) is 9.90 Å². The lowest BCUT2D eigenvalue weighted by atomic mass is 10.1. The van der Waals surface area contributed by atoms with Crippen molar-refractivity contribution in [1.29, 1.82) is 0 Å². The van der Waals surface area contributed by atoms with Crippen molar-refractivity contribution < 1.29 is 15.0 Å². The molecular weight excluding hydrogens is 208 g/mol. The van der Waals surface area contributed by atoms with E-state index in [0.717, 1.165) is 11.8 Å². The number of carbonyl (C=O) groups is 1. The summed E-state index contributed by atoms with van der Waals surface area (Å²) in [6.45, 7) is 1.23. The fourth-order valence-corrected chi connectivity index (χ4v) is 1.46. The van der Waals surface area contributed by atoms with E-state index in [4.69, 9.17) is 5.11 Å². The van der Waals surface area contributed by atoms with E-state index in [1.165, 1.54) is 11.6 Å². The number of aliphatic carboxylic acids is 1. The van der Waals surface area contributed by atoms with Gasteiger partial charge in [-0.25, -0.2) is 9.48 Å². The zero-order valence-electron chi connectivity index (χ0n) is 7.71. The standard InChI is InChI=1S/C6H10N4O3S/c1-6(13,4(11)12)3-14-5-7-8-9-10(5)2/h13H,3H2,1-2H3,(H,11,12). The lowest BCUT2D eigenvalue weighted by Gasteiger charge is -2.15. The van der Waals surface area contributed by atoms with Crippen LogP contribution in [0.25, 0.3) is 0 Å². The molecule has 78 valence electrons. The van der Waals surface area contributed by atoms with Gasteiger partial charge in [0.2, 0.25) is 5.16 Å². The molecule has 0 fully saturated rings. The highest BCUT2D eigenvalue weighted by atomic mass is 32.2. The summed E-state index contributed by atoms with van der Waals surface area (Å²) in [5.74, 6) is -1.27. The number of aliphatic hydroxyl groups is 1. The van der Waals surface area contributed by atoms with Gasteiger partial charge in [0.15, 0.2) is 5.60 Å². The summed E-state index contributed by atoms with van der Waals surface area (Å²) < 4.78 is 1.41. The largest absolute Gasteiger partial charge is 0.479 e. The molecule has 1 aromatic rings. The Hall–Kier alpha value is -1.15. The first kappa shape index (κ1) is 10.9. The SMILES string of the molecule is Cn1nnnc1SCC(C)(O)C(=O)O. The van der Waals surface area contributed by atoms with Crippen LogP contribution in [0, 0.1) is 0 Å². The first-order valence-corrected chi connectivity index (χ1v) is 4.73. The van der Waals surface area contributed by atoms with E-state index in [1.54, 1.807) is 7.05 Å². The van der Waals surface area contributed by atoms with Crippen molar-refractivity contribution in [2.75, 3.05) is 5.75 Å². The molecule has 0 aliphatic heterocycles. The van der Waals surface area contributed by atoms with E-state index in [-0.39, 0.29) is 5.75 Å². The van der Waals surface area contributed by atoms with Gasteiger partial charge in [0.05, 0.1) is 0 Å². The van der Waals surface area contributed by atoms with Crippen molar-refractivity contribution in [1.82, 2.24) is 20.2 Å². The smallest absolute Gasteiger partial charge is 0.336 e. The number of rotatable bonds is 4. The van der Waals surface area contributed by atoms with E-state index in [1.807, 2.05) is 0 Å². The maximum absolute atomic E-state index is 10.5. The minimum absolute atomic E-state index is 0.00343. The van der Waals surface area contributed by atoms with E-state index >= 15 is 0 Å². The maximum Gasteiger partial charge on any atom is 0.336 e. The van der Waals surface area contributed by atoms with Crippen molar-refractivity contribution in [3.8, 4) is 0 Å². The summed E-state index contributed by atoms with van der Waals surface area (Å²) in [6.07, 6.45) is 0. The van der Waals surface area contributed by atoms with Crippen LogP contribution >= 0.6 is 11.8 Å². The first-order valence-electron chi connectivity index (χ1n) is 3.74.